The quantitative estimate of drug-likeness (QED) is 0.928. The fourth-order valence-electron chi connectivity index (χ4n) is 4.14. The molecule has 3 atom stereocenters. The smallest absolute Gasteiger partial charge is 0.231 e. The molecular formula is C19H28N2O2. The maximum Gasteiger partial charge on any atom is 0.231 e. The number of likely N-dealkylation sites (N-methyl/N-ethyl adjacent to an activating group) is 1. The van der Waals surface area contributed by atoms with Crippen LogP contribution in [0.2, 0.25) is 0 Å². The zero-order chi connectivity index (χ0) is 16.6. The van der Waals surface area contributed by atoms with E-state index in [2.05, 4.69) is 18.7 Å². The van der Waals surface area contributed by atoms with Crippen molar-refractivity contribution in [2.75, 3.05) is 31.6 Å². The molecule has 1 aromatic rings. The molecule has 2 heterocycles. The average Bonchev–Trinajstić information content (AvgIpc) is 2.78. The highest BCUT2D eigenvalue weighted by Gasteiger charge is 2.25. The minimum atomic E-state index is -0.450. The zero-order valence-corrected chi connectivity index (χ0v) is 14.5. The molecule has 0 bridgehead atoms. The van der Waals surface area contributed by atoms with Crippen LogP contribution < -0.4 is 4.90 Å². The molecule has 3 rings (SSSR count). The summed E-state index contributed by atoms with van der Waals surface area (Å²) >= 11 is 0. The van der Waals surface area contributed by atoms with Gasteiger partial charge in [0.25, 0.3) is 0 Å². The van der Waals surface area contributed by atoms with Crippen LogP contribution in [0.25, 0.3) is 0 Å². The number of amides is 1. The summed E-state index contributed by atoms with van der Waals surface area (Å²) in [5, 5.41) is 10.5. The number of aliphatic hydroxyl groups excluding tert-OH is 1. The second-order valence-electron chi connectivity index (χ2n) is 7.53. The molecule has 0 aromatic heterocycles. The van der Waals surface area contributed by atoms with Crippen LogP contribution in [0.1, 0.15) is 43.9 Å². The Balaban J connectivity index is 1.60. The molecule has 1 saturated heterocycles. The fourth-order valence-corrected chi connectivity index (χ4v) is 4.14. The van der Waals surface area contributed by atoms with Crippen LogP contribution in [0.5, 0.6) is 0 Å². The first-order valence-corrected chi connectivity index (χ1v) is 8.74. The Morgan fingerprint density at radius 1 is 1.26 bits per heavy atom. The lowest BCUT2D eigenvalue weighted by Crippen LogP contribution is -2.39. The largest absolute Gasteiger partial charge is 0.388 e. The van der Waals surface area contributed by atoms with Gasteiger partial charge in [-0.15, -0.1) is 0 Å². The molecule has 0 radical (unpaired) electrons. The van der Waals surface area contributed by atoms with Gasteiger partial charge in [0.1, 0.15) is 0 Å². The van der Waals surface area contributed by atoms with Crippen molar-refractivity contribution in [3.8, 4) is 0 Å². The first-order chi connectivity index (χ1) is 10.9. The van der Waals surface area contributed by atoms with Gasteiger partial charge in [-0.1, -0.05) is 26.0 Å². The fraction of sp³-hybridized carbons (Fsp3) is 0.632. The van der Waals surface area contributed by atoms with Crippen molar-refractivity contribution in [2.45, 2.75) is 39.2 Å². The predicted octanol–water partition coefficient (Wildman–Crippen LogP) is 2.61. The van der Waals surface area contributed by atoms with Crippen LogP contribution >= 0.6 is 0 Å². The summed E-state index contributed by atoms with van der Waals surface area (Å²) in [7, 11) is 1.81. The number of hydrogen-bond acceptors (Lipinski definition) is 3. The van der Waals surface area contributed by atoms with Gasteiger partial charge in [0, 0.05) is 32.4 Å². The van der Waals surface area contributed by atoms with Crippen molar-refractivity contribution in [3.05, 3.63) is 29.3 Å². The molecule has 3 unspecified atom stereocenters. The van der Waals surface area contributed by atoms with Gasteiger partial charge in [-0.2, -0.15) is 0 Å². The molecule has 126 valence electrons. The van der Waals surface area contributed by atoms with E-state index in [1.807, 2.05) is 25.2 Å². The third-order valence-electron chi connectivity index (χ3n) is 5.23. The molecule has 4 heteroatoms. The van der Waals surface area contributed by atoms with Gasteiger partial charge in [0.15, 0.2) is 0 Å². The van der Waals surface area contributed by atoms with Gasteiger partial charge < -0.3 is 14.9 Å². The van der Waals surface area contributed by atoms with Crippen LogP contribution in [0.4, 0.5) is 5.69 Å². The van der Waals surface area contributed by atoms with E-state index in [4.69, 9.17) is 0 Å². The molecule has 1 N–H and O–H groups in total. The van der Waals surface area contributed by atoms with E-state index in [0.29, 0.717) is 6.42 Å². The van der Waals surface area contributed by atoms with Crippen molar-refractivity contribution < 1.29 is 9.90 Å². The monoisotopic (exact) mass is 316 g/mol. The molecule has 2 aliphatic rings. The number of anilines is 1. The van der Waals surface area contributed by atoms with Crippen molar-refractivity contribution in [1.82, 2.24) is 4.90 Å². The normalized spacial score (nSPS) is 26.4. The molecular weight excluding hydrogens is 288 g/mol. The van der Waals surface area contributed by atoms with Crippen LogP contribution in [0, 0.1) is 11.8 Å². The Kier molecular flexibility index (Phi) is 4.74. The van der Waals surface area contributed by atoms with Crippen LogP contribution in [0.3, 0.4) is 0 Å². The summed E-state index contributed by atoms with van der Waals surface area (Å²) in [5.74, 6) is 1.62. The second-order valence-corrected chi connectivity index (χ2v) is 7.53. The highest BCUT2D eigenvalue weighted by molar-refractivity contribution is 6.00. The minimum Gasteiger partial charge on any atom is -0.388 e. The number of fused-ring (bicyclic) bond motifs is 1. The van der Waals surface area contributed by atoms with Crippen molar-refractivity contribution in [2.24, 2.45) is 11.8 Å². The van der Waals surface area contributed by atoms with Gasteiger partial charge in [-0.05, 0) is 41.9 Å². The first kappa shape index (κ1) is 16.5. The number of carbonyl (C=O) groups excluding carboxylic acids is 1. The third-order valence-corrected chi connectivity index (χ3v) is 5.23. The Bertz CT molecular complexity index is 577. The number of rotatable bonds is 4. The minimum absolute atomic E-state index is 0.128. The molecule has 1 amide bonds. The van der Waals surface area contributed by atoms with E-state index in [-0.39, 0.29) is 5.91 Å². The number of nitrogens with zero attached hydrogens (tertiary/aromatic N) is 2. The average molecular weight is 316 g/mol. The predicted molar refractivity (Wildman–Crippen MR) is 92.5 cm³/mol. The SMILES string of the molecule is CC1CC(C)CN(CCC(O)c2ccc3c(c2)CC(=O)N3C)C1. The summed E-state index contributed by atoms with van der Waals surface area (Å²) in [6.07, 6.45) is 2.06. The van der Waals surface area contributed by atoms with E-state index in [1.165, 1.54) is 6.42 Å². The number of aliphatic hydroxyl groups is 1. The number of piperidine rings is 1. The van der Waals surface area contributed by atoms with Crippen LogP contribution in [0.15, 0.2) is 18.2 Å². The van der Waals surface area contributed by atoms with Gasteiger partial charge in [0.05, 0.1) is 12.5 Å². The molecule has 4 nitrogen and oxygen atoms in total. The maximum absolute atomic E-state index is 11.8. The number of likely N-dealkylation sites (tertiary alicyclic amines) is 1. The Hall–Kier alpha value is -1.39. The standard InChI is InChI=1S/C19H28N2O2/c1-13-8-14(2)12-21(11-13)7-6-18(22)15-4-5-17-16(9-15)10-19(23)20(17)3/h4-5,9,13-14,18,22H,6-8,10-12H2,1-3H3. The molecule has 0 aliphatic carbocycles. The molecule has 23 heavy (non-hydrogen) atoms. The van der Waals surface area contributed by atoms with E-state index in [1.54, 1.807) is 4.90 Å². The van der Waals surface area contributed by atoms with Crippen molar-refractivity contribution >= 4 is 11.6 Å². The Morgan fingerprint density at radius 3 is 2.65 bits per heavy atom. The topological polar surface area (TPSA) is 43.8 Å². The molecule has 0 spiro atoms. The molecule has 1 fully saturated rings. The molecule has 0 saturated carbocycles. The number of benzene rings is 1. The lowest BCUT2D eigenvalue weighted by molar-refractivity contribution is -0.117. The summed E-state index contributed by atoms with van der Waals surface area (Å²) < 4.78 is 0. The van der Waals surface area contributed by atoms with Gasteiger partial charge >= 0.3 is 0 Å². The summed E-state index contributed by atoms with van der Waals surface area (Å²) in [5.41, 5.74) is 2.95. The van der Waals surface area contributed by atoms with E-state index in [9.17, 15) is 9.90 Å². The zero-order valence-electron chi connectivity index (χ0n) is 14.5. The summed E-state index contributed by atoms with van der Waals surface area (Å²) in [6, 6.07) is 5.92. The number of hydrogen-bond donors (Lipinski definition) is 1. The Morgan fingerprint density at radius 2 is 1.96 bits per heavy atom. The van der Waals surface area contributed by atoms with Gasteiger partial charge in [0.2, 0.25) is 5.91 Å². The summed E-state index contributed by atoms with van der Waals surface area (Å²) in [4.78, 5) is 15.9. The molecule has 2 aliphatic heterocycles. The van der Waals surface area contributed by atoms with Crippen molar-refractivity contribution in [3.63, 3.8) is 0 Å². The van der Waals surface area contributed by atoms with Gasteiger partial charge in [-0.25, -0.2) is 0 Å². The van der Waals surface area contributed by atoms with Gasteiger partial charge in [-0.3, -0.25) is 4.79 Å². The van der Waals surface area contributed by atoms with Crippen LogP contribution in [-0.2, 0) is 11.2 Å². The lowest BCUT2D eigenvalue weighted by atomic mass is 9.91. The van der Waals surface area contributed by atoms with Crippen LogP contribution in [-0.4, -0.2) is 42.6 Å². The summed E-state index contributed by atoms with van der Waals surface area (Å²) in [6.45, 7) is 7.84. The molecule has 1 aromatic carbocycles. The highest BCUT2D eigenvalue weighted by atomic mass is 16.3. The first-order valence-electron chi connectivity index (χ1n) is 8.74. The lowest BCUT2D eigenvalue weighted by Gasteiger charge is -2.35. The number of carbonyl (C=O) groups is 1. The maximum atomic E-state index is 11.8. The van der Waals surface area contributed by atoms with Crippen molar-refractivity contribution in [1.29, 1.82) is 0 Å². The van der Waals surface area contributed by atoms with E-state index >= 15 is 0 Å². The highest BCUT2D eigenvalue weighted by Crippen LogP contribution is 2.31. The third kappa shape index (κ3) is 3.59. The van der Waals surface area contributed by atoms with E-state index < -0.39 is 6.10 Å². The Labute approximate surface area is 139 Å². The second kappa shape index (κ2) is 6.62. The van der Waals surface area contributed by atoms with E-state index in [0.717, 1.165) is 54.7 Å².